The van der Waals surface area contributed by atoms with Crippen molar-refractivity contribution in [3.05, 3.63) is 32.8 Å². The quantitative estimate of drug-likeness (QED) is 0.565. The second kappa shape index (κ2) is 5.01. The Labute approximate surface area is 98.0 Å². The molecule has 0 unspecified atom stereocenters. The lowest BCUT2D eigenvalue weighted by atomic mass is 10.1. The largest absolute Gasteiger partial charge is 0.294 e. The Morgan fingerprint density at radius 2 is 1.93 bits per heavy atom. The summed E-state index contributed by atoms with van der Waals surface area (Å²) < 4.78 is 0. The zero-order valence-corrected chi connectivity index (χ0v) is 9.88. The van der Waals surface area contributed by atoms with Crippen LogP contribution in [-0.2, 0) is 0 Å². The Morgan fingerprint density at radius 3 is 2.50 bits per heavy atom. The molecule has 0 bridgehead atoms. The SMILES string of the molecule is CCCC(=O)c1cc(Cl)cc(Cl)c1Cl. The number of Topliss-reactive ketones (excluding diaryl/α,β-unsaturated/α-hetero) is 1. The standard InChI is InChI=1S/C10H9Cl3O/c1-2-3-9(14)7-4-6(11)5-8(12)10(7)13/h4-5H,2-3H2,1H3. The van der Waals surface area contributed by atoms with Gasteiger partial charge in [0, 0.05) is 17.0 Å². The van der Waals surface area contributed by atoms with E-state index < -0.39 is 0 Å². The fourth-order valence-electron chi connectivity index (χ4n) is 1.12. The molecule has 0 fully saturated rings. The van der Waals surface area contributed by atoms with E-state index in [1.807, 2.05) is 6.92 Å². The van der Waals surface area contributed by atoms with E-state index in [1.54, 1.807) is 6.07 Å². The third-order valence-electron chi connectivity index (χ3n) is 1.77. The van der Waals surface area contributed by atoms with Crippen LogP contribution >= 0.6 is 34.8 Å². The first kappa shape index (κ1) is 11.8. The number of halogens is 3. The average Bonchev–Trinajstić information content (AvgIpc) is 2.11. The average molecular weight is 252 g/mol. The van der Waals surface area contributed by atoms with Gasteiger partial charge in [-0.25, -0.2) is 0 Å². The van der Waals surface area contributed by atoms with Crippen molar-refractivity contribution in [2.24, 2.45) is 0 Å². The fraction of sp³-hybridized carbons (Fsp3) is 0.300. The molecule has 0 heterocycles. The van der Waals surface area contributed by atoms with Crippen LogP contribution in [0.3, 0.4) is 0 Å². The van der Waals surface area contributed by atoms with Gasteiger partial charge in [0.25, 0.3) is 0 Å². The molecule has 0 aliphatic rings. The van der Waals surface area contributed by atoms with Crippen molar-refractivity contribution in [2.45, 2.75) is 19.8 Å². The second-order valence-corrected chi connectivity index (χ2v) is 4.14. The molecule has 1 rings (SSSR count). The minimum Gasteiger partial charge on any atom is -0.294 e. The highest BCUT2D eigenvalue weighted by molar-refractivity contribution is 6.45. The fourth-order valence-corrected chi connectivity index (χ4v) is 1.83. The summed E-state index contributed by atoms with van der Waals surface area (Å²) in [5.41, 5.74) is 0.408. The molecule has 0 aromatic heterocycles. The first-order valence-electron chi connectivity index (χ1n) is 4.24. The first-order valence-corrected chi connectivity index (χ1v) is 5.37. The van der Waals surface area contributed by atoms with Gasteiger partial charge >= 0.3 is 0 Å². The van der Waals surface area contributed by atoms with Gasteiger partial charge in [0.15, 0.2) is 5.78 Å². The predicted molar refractivity (Wildman–Crippen MR) is 60.7 cm³/mol. The maximum atomic E-state index is 11.6. The zero-order valence-electron chi connectivity index (χ0n) is 7.61. The molecule has 0 radical (unpaired) electrons. The van der Waals surface area contributed by atoms with Crippen molar-refractivity contribution in [3.8, 4) is 0 Å². The molecule has 1 aromatic rings. The van der Waals surface area contributed by atoms with Gasteiger partial charge in [0.1, 0.15) is 0 Å². The third-order valence-corrected chi connectivity index (χ3v) is 2.79. The van der Waals surface area contributed by atoms with Crippen LogP contribution in [0.2, 0.25) is 15.1 Å². The molecule has 0 aliphatic carbocycles. The smallest absolute Gasteiger partial charge is 0.164 e. The van der Waals surface area contributed by atoms with Gasteiger partial charge in [-0.2, -0.15) is 0 Å². The molecule has 14 heavy (non-hydrogen) atoms. The number of rotatable bonds is 3. The van der Waals surface area contributed by atoms with Crippen molar-refractivity contribution in [2.75, 3.05) is 0 Å². The highest BCUT2D eigenvalue weighted by Gasteiger charge is 2.13. The van der Waals surface area contributed by atoms with Gasteiger partial charge in [-0.05, 0) is 18.6 Å². The number of benzene rings is 1. The van der Waals surface area contributed by atoms with Gasteiger partial charge in [0.2, 0.25) is 0 Å². The second-order valence-electron chi connectivity index (χ2n) is 2.92. The predicted octanol–water partition coefficient (Wildman–Crippen LogP) is 4.63. The van der Waals surface area contributed by atoms with Crippen molar-refractivity contribution < 1.29 is 4.79 Å². The Bertz CT molecular complexity index is 361. The molecule has 0 amide bonds. The Balaban J connectivity index is 3.13. The summed E-state index contributed by atoms with van der Waals surface area (Å²) >= 11 is 17.5. The maximum absolute atomic E-state index is 11.6. The summed E-state index contributed by atoms with van der Waals surface area (Å²) in [7, 11) is 0. The monoisotopic (exact) mass is 250 g/mol. The Kier molecular flexibility index (Phi) is 4.24. The maximum Gasteiger partial charge on any atom is 0.164 e. The minimum atomic E-state index is -0.0260. The lowest BCUT2D eigenvalue weighted by molar-refractivity contribution is 0.0982. The molecule has 1 nitrogen and oxygen atoms in total. The summed E-state index contributed by atoms with van der Waals surface area (Å²) in [5, 5.41) is 1.03. The molecule has 1 aromatic carbocycles. The summed E-state index contributed by atoms with van der Waals surface area (Å²) in [4.78, 5) is 11.6. The van der Waals surface area contributed by atoms with Crippen LogP contribution in [0.1, 0.15) is 30.1 Å². The Hall–Kier alpha value is -0.240. The molecule has 0 atom stereocenters. The van der Waals surface area contributed by atoms with Gasteiger partial charge in [0.05, 0.1) is 10.0 Å². The van der Waals surface area contributed by atoms with Gasteiger partial charge < -0.3 is 0 Å². The normalized spacial score (nSPS) is 10.3. The van der Waals surface area contributed by atoms with Crippen LogP contribution in [0.15, 0.2) is 12.1 Å². The molecular formula is C10H9Cl3O. The van der Waals surface area contributed by atoms with Crippen molar-refractivity contribution >= 4 is 40.6 Å². The van der Waals surface area contributed by atoms with E-state index >= 15 is 0 Å². The summed E-state index contributed by atoms with van der Waals surface area (Å²) in [6.45, 7) is 1.93. The molecule has 0 aliphatic heterocycles. The van der Waals surface area contributed by atoms with Crippen LogP contribution in [0, 0.1) is 0 Å². The minimum absolute atomic E-state index is 0.0260. The van der Waals surface area contributed by atoms with E-state index in [0.29, 0.717) is 22.0 Å². The lowest BCUT2D eigenvalue weighted by Gasteiger charge is -2.04. The number of hydrogen-bond acceptors (Lipinski definition) is 1. The number of carbonyl (C=O) groups is 1. The van der Waals surface area contributed by atoms with Crippen LogP contribution in [0.25, 0.3) is 0 Å². The van der Waals surface area contributed by atoms with Gasteiger partial charge in [-0.15, -0.1) is 0 Å². The molecule has 0 saturated carbocycles. The van der Waals surface area contributed by atoms with Crippen molar-refractivity contribution in [3.63, 3.8) is 0 Å². The highest BCUT2D eigenvalue weighted by Crippen LogP contribution is 2.30. The highest BCUT2D eigenvalue weighted by atomic mass is 35.5. The van der Waals surface area contributed by atoms with E-state index in [0.717, 1.165) is 6.42 Å². The van der Waals surface area contributed by atoms with Crippen molar-refractivity contribution in [1.82, 2.24) is 0 Å². The molecular weight excluding hydrogens is 242 g/mol. The van der Waals surface area contributed by atoms with E-state index in [9.17, 15) is 4.79 Å². The topological polar surface area (TPSA) is 17.1 Å². The molecule has 0 N–H and O–H groups in total. The van der Waals surface area contributed by atoms with E-state index in [-0.39, 0.29) is 10.8 Å². The summed E-state index contributed by atoms with van der Waals surface area (Å²) in [6.07, 6.45) is 1.23. The molecule has 0 spiro atoms. The van der Waals surface area contributed by atoms with Crippen molar-refractivity contribution in [1.29, 1.82) is 0 Å². The van der Waals surface area contributed by atoms with Crippen LogP contribution in [0.4, 0.5) is 0 Å². The van der Waals surface area contributed by atoms with Gasteiger partial charge in [-0.3, -0.25) is 4.79 Å². The number of hydrogen-bond donors (Lipinski definition) is 0. The van der Waals surface area contributed by atoms with Gasteiger partial charge in [-0.1, -0.05) is 41.7 Å². The van der Waals surface area contributed by atoms with E-state index in [1.165, 1.54) is 6.07 Å². The molecule has 4 heteroatoms. The third kappa shape index (κ3) is 2.63. The van der Waals surface area contributed by atoms with E-state index in [4.69, 9.17) is 34.8 Å². The lowest BCUT2D eigenvalue weighted by Crippen LogP contribution is -1.99. The first-order chi connectivity index (χ1) is 6.56. The van der Waals surface area contributed by atoms with Crippen LogP contribution < -0.4 is 0 Å². The Morgan fingerprint density at radius 1 is 1.29 bits per heavy atom. The molecule has 76 valence electrons. The summed E-state index contributed by atoms with van der Waals surface area (Å²) in [6, 6.07) is 3.07. The molecule has 0 saturated heterocycles. The zero-order chi connectivity index (χ0) is 10.7. The number of carbonyl (C=O) groups excluding carboxylic acids is 1. The van der Waals surface area contributed by atoms with E-state index in [2.05, 4.69) is 0 Å². The summed E-state index contributed by atoms with van der Waals surface area (Å²) in [5.74, 6) is -0.0260. The van der Waals surface area contributed by atoms with Crippen LogP contribution in [0.5, 0.6) is 0 Å². The van der Waals surface area contributed by atoms with Crippen LogP contribution in [-0.4, -0.2) is 5.78 Å². The number of ketones is 1.